The van der Waals surface area contributed by atoms with Crippen molar-refractivity contribution >= 4 is 17.7 Å². The van der Waals surface area contributed by atoms with E-state index in [2.05, 4.69) is 24.3 Å². The molecule has 0 aromatic heterocycles. The molecule has 0 radical (unpaired) electrons. The van der Waals surface area contributed by atoms with Crippen molar-refractivity contribution in [3.8, 4) is 0 Å². The first-order valence-corrected chi connectivity index (χ1v) is 8.24. The molecule has 0 bridgehead atoms. The summed E-state index contributed by atoms with van der Waals surface area (Å²) in [6, 6.07) is 10.2. The Labute approximate surface area is 123 Å². The first-order chi connectivity index (χ1) is 9.67. The number of hydrogen-bond acceptors (Lipinski definition) is 3. The Morgan fingerprint density at radius 2 is 2.05 bits per heavy atom. The molecule has 2 heterocycles. The van der Waals surface area contributed by atoms with Crippen molar-refractivity contribution < 1.29 is 20.1 Å². The van der Waals surface area contributed by atoms with Crippen LogP contribution in [0.5, 0.6) is 0 Å². The Kier molecular flexibility index (Phi) is 4.01. The SMILES string of the molecule is O=C([O-])[C@H]1CSC2(CC[NH+](Cc3ccccc3)CC2)[NH2+]1. The zero-order valence-corrected chi connectivity index (χ0v) is 12.3. The van der Waals surface area contributed by atoms with Gasteiger partial charge < -0.3 is 20.1 Å². The molecule has 108 valence electrons. The number of carbonyl (C=O) groups is 1. The molecule has 1 spiro atoms. The van der Waals surface area contributed by atoms with Crippen molar-refractivity contribution in [1.82, 2.24) is 0 Å². The van der Waals surface area contributed by atoms with Gasteiger partial charge in [0.1, 0.15) is 18.6 Å². The predicted molar refractivity (Wildman–Crippen MR) is 76.0 cm³/mol. The van der Waals surface area contributed by atoms with E-state index in [1.54, 1.807) is 4.90 Å². The number of thioether (sulfide) groups is 1. The summed E-state index contributed by atoms with van der Waals surface area (Å²) in [4.78, 5) is 12.7. The van der Waals surface area contributed by atoms with Gasteiger partial charge in [-0.3, -0.25) is 0 Å². The van der Waals surface area contributed by atoms with Crippen molar-refractivity contribution in [3.05, 3.63) is 35.9 Å². The average Bonchev–Trinajstić information content (AvgIpc) is 2.87. The lowest BCUT2D eigenvalue weighted by Gasteiger charge is -2.34. The second-order valence-electron chi connectivity index (χ2n) is 5.88. The third-order valence-corrected chi connectivity index (χ3v) is 6.10. The van der Waals surface area contributed by atoms with Gasteiger partial charge >= 0.3 is 0 Å². The Balaban J connectivity index is 1.54. The van der Waals surface area contributed by atoms with Crippen molar-refractivity contribution in [2.24, 2.45) is 0 Å². The maximum absolute atomic E-state index is 11.0. The molecular formula is C15H21N2O2S+. The van der Waals surface area contributed by atoms with Gasteiger partial charge in [-0.15, -0.1) is 0 Å². The average molecular weight is 293 g/mol. The lowest BCUT2D eigenvalue weighted by atomic mass is 10.0. The fourth-order valence-electron chi connectivity index (χ4n) is 3.25. The van der Waals surface area contributed by atoms with Crippen LogP contribution in [0.25, 0.3) is 0 Å². The smallest absolute Gasteiger partial charge is 0.154 e. The van der Waals surface area contributed by atoms with Gasteiger partial charge in [0.25, 0.3) is 0 Å². The zero-order chi connectivity index (χ0) is 14.0. The molecule has 0 amide bonds. The Bertz CT molecular complexity index is 472. The van der Waals surface area contributed by atoms with Gasteiger partial charge in [0.15, 0.2) is 4.87 Å². The fourth-order valence-corrected chi connectivity index (χ4v) is 4.75. The van der Waals surface area contributed by atoms with Gasteiger partial charge in [-0.25, -0.2) is 0 Å². The number of carboxylic acids is 1. The summed E-state index contributed by atoms with van der Waals surface area (Å²) in [6.07, 6.45) is 2.17. The minimum absolute atomic E-state index is 0.102. The van der Waals surface area contributed by atoms with Crippen LogP contribution in [0.15, 0.2) is 30.3 Å². The van der Waals surface area contributed by atoms with E-state index in [1.165, 1.54) is 5.56 Å². The molecule has 0 unspecified atom stereocenters. The molecule has 20 heavy (non-hydrogen) atoms. The fraction of sp³-hybridized carbons (Fsp3) is 0.533. The minimum Gasteiger partial charge on any atom is -0.544 e. The molecule has 1 aromatic rings. The number of hydrogen-bond donors (Lipinski definition) is 2. The number of carbonyl (C=O) groups excluding carboxylic acids is 1. The molecule has 2 fully saturated rings. The number of likely N-dealkylation sites (tertiary alicyclic amines) is 1. The molecule has 2 aliphatic heterocycles. The van der Waals surface area contributed by atoms with Crippen LogP contribution in [0, 0.1) is 0 Å². The maximum atomic E-state index is 11.0. The highest BCUT2D eigenvalue weighted by Crippen LogP contribution is 2.30. The zero-order valence-electron chi connectivity index (χ0n) is 11.5. The number of rotatable bonds is 3. The number of benzene rings is 1. The summed E-state index contributed by atoms with van der Waals surface area (Å²) in [5.74, 6) is -0.218. The first kappa shape index (κ1) is 13.9. The van der Waals surface area contributed by atoms with Crippen LogP contribution in [0.1, 0.15) is 18.4 Å². The van der Waals surface area contributed by atoms with E-state index in [1.807, 2.05) is 23.1 Å². The second-order valence-corrected chi connectivity index (χ2v) is 7.32. The van der Waals surface area contributed by atoms with Gasteiger partial charge in [0, 0.05) is 5.56 Å². The highest BCUT2D eigenvalue weighted by Gasteiger charge is 2.47. The highest BCUT2D eigenvalue weighted by molar-refractivity contribution is 8.00. The second kappa shape index (κ2) is 5.76. The van der Waals surface area contributed by atoms with Crippen LogP contribution in [0.2, 0.25) is 0 Å². The monoisotopic (exact) mass is 293 g/mol. The van der Waals surface area contributed by atoms with Crippen molar-refractivity contribution in [3.63, 3.8) is 0 Å². The molecule has 5 heteroatoms. The number of aliphatic carboxylic acids is 1. The van der Waals surface area contributed by atoms with Gasteiger partial charge in [0.05, 0.1) is 31.7 Å². The van der Waals surface area contributed by atoms with E-state index in [9.17, 15) is 9.90 Å². The Morgan fingerprint density at radius 3 is 2.65 bits per heavy atom. The third-order valence-electron chi connectivity index (χ3n) is 4.46. The highest BCUT2D eigenvalue weighted by atomic mass is 32.2. The molecular weight excluding hydrogens is 272 g/mol. The van der Waals surface area contributed by atoms with Crippen LogP contribution in [0.3, 0.4) is 0 Å². The van der Waals surface area contributed by atoms with Gasteiger partial charge in [-0.1, -0.05) is 42.1 Å². The normalized spacial score (nSPS) is 33.4. The quantitative estimate of drug-likeness (QED) is 0.677. The standard InChI is InChI=1S/C15H20N2O2S/c18-14(19)13-11-20-15(16-13)6-8-17(9-7-15)10-12-4-2-1-3-5-12/h1-5,13,16H,6-11H2,(H,18,19)/p+1/t13-/m1/s1. The molecule has 2 aliphatic rings. The number of carboxylic acid groups (broad SMARTS) is 1. The van der Waals surface area contributed by atoms with Crippen molar-refractivity contribution in [2.75, 3.05) is 18.8 Å². The maximum Gasteiger partial charge on any atom is 0.154 e. The Morgan fingerprint density at radius 1 is 1.35 bits per heavy atom. The summed E-state index contributed by atoms with van der Waals surface area (Å²) in [5, 5.41) is 13.0. The van der Waals surface area contributed by atoms with Crippen LogP contribution in [-0.2, 0) is 11.3 Å². The summed E-state index contributed by atoms with van der Waals surface area (Å²) in [7, 11) is 0. The molecule has 0 saturated carbocycles. The van der Waals surface area contributed by atoms with Crippen molar-refractivity contribution in [2.45, 2.75) is 30.3 Å². The topological polar surface area (TPSA) is 61.2 Å². The summed E-state index contributed by atoms with van der Waals surface area (Å²) in [6.45, 7) is 3.32. The predicted octanol–water partition coefficient (Wildman–Crippen LogP) is -2.01. The van der Waals surface area contributed by atoms with Gasteiger partial charge in [-0.2, -0.15) is 0 Å². The Hall–Kier alpha value is -1.04. The number of piperidine rings is 1. The molecule has 2 saturated heterocycles. The molecule has 0 aliphatic carbocycles. The largest absolute Gasteiger partial charge is 0.544 e. The van der Waals surface area contributed by atoms with Crippen molar-refractivity contribution in [1.29, 1.82) is 0 Å². The molecule has 3 rings (SSSR count). The number of nitrogens with one attached hydrogen (secondary N) is 1. The summed E-state index contributed by atoms with van der Waals surface area (Å²) < 4.78 is 0. The molecule has 3 N–H and O–H groups in total. The summed E-state index contributed by atoms with van der Waals surface area (Å²) >= 11 is 1.82. The van der Waals surface area contributed by atoms with Gasteiger partial charge in [-0.05, 0) is 0 Å². The lowest BCUT2D eigenvalue weighted by Crippen LogP contribution is -3.15. The molecule has 1 aromatic carbocycles. The molecule has 4 nitrogen and oxygen atoms in total. The van der Waals surface area contributed by atoms with E-state index in [4.69, 9.17) is 0 Å². The van der Waals surface area contributed by atoms with Crippen LogP contribution >= 0.6 is 11.8 Å². The summed E-state index contributed by atoms with van der Waals surface area (Å²) in [5.41, 5.74) is 1.38. The van der Waals surface area contributed by atoms with E-state index in [0.29, 0.717) is 5.75 Å². The van der Waals surface area contributed by atoms with E-state index < -0.39 is 5.97 Å². The number of nitrogens with two attached hydrogens (primary N) is 1. The van der Waals surface area contributed by atoms with E-state index in [0.717, 1.165) is 32.5 Å². The minimum atomic E-state index is -0.909. The third kappa shape index (κ3) is 3.00. The lowest BCUT2D eigenvalue weighted by molar-refractivity contribution is -0.927. The van der Waals surface area contributed by atoms with Crippen LogP contribution in [-0.4, -0.2) is 35.7 Å². The van der Waals surface area contributed by atoms with Crippen LogP contribution < -0.4 is 15.3 Å². The number of quaternary nitrogens is 2. The van der Waals surface area contributed by atoms with E-state index in [-0.39, 0.29) is 10.9 Å². The van der Waals surface area contributed by atoms with E-state index >= 15 is 0 Å². The first-order valence-electron chi connectivity index (χ1n) is 7.25. The molecule has 1 atom stereocenters. The van der Waals surface area contributed by atoms with Gasteiger partial charge in [0.2, 0.25) is 0 Å². The van der Waals surface area contributed by atoms with Crippen LogP contribution in [0.4, 0.5) is 0 Å².